The number of hydrogen-bond donors (Lipinski definition) is 0. The van der Waals surface area contributed by atoms with Gasteiger partial charge in [-0.25, -0.2) is 4.79 Å². The van der Waals surface area contributed by atoms with Crippen LogP contribution < -0.4 is 4.74 Å². The van der Waals surface area contributed by atoms with Crippen LogP contribution in [0.5, 0.6) is 5.75 Å². The number of esters is 2. The molecule has 0 fully saturated rings. The van der Waals surface area contributed by atoms with Gasteiger partial charge in [0.25, 0.3) is 0 Å². The first-order chi connectivity index (χ1) is 10.0. The highest BCUT2D eigenvalue weighted by Crippen LogP contribution is 2.12. The lowest BCUT2D eigenvalue weighted by molar-refractivity contribution is -0.146. The van der Waals surface area contributed by atoms with Crippen molar-refractivity contribution in [1.29, 1.82) is 0 Å². The Kier molecular flexibility index (Phi) is 6.73. The Bertz CT molecular complexity index is 465. The molecule has 0 saturated carbocycles. The van der Waals surface area contributed by atoms with Crippen LogP contribution in [-0.4, -0.2) is 38.4 Å². The van der Waals surface area contributed by atoms with Crippen molar-refractivity contribution in [3.05, 3.63) is 30.3 Å². The van der Waals surface area contributed by atoms with Crippen molar-refractivity contribution in [1.82, 2.24) is 0 Å². The zero-order chi connectivity index (χ0) is 15.7. The molecule has 1 aromatic rings. The van der Waals surface area contributed by atoms with Gasteiger partial charge in [-0.1, -0.05) is 18.2 Å². The van der Waals surface area contributed by atoms with E-state index in [2.05, 4.69) is 9.47 Å². The van der Waals surface area contributed by atoms with Crippen molar-refractivity contribution in [2.75, 3.05) is 14.2 Å². The first-order valence-electron chi connectivity index (χ1n) is 6.12. The molecule has 0 amide bonds. The molecule has 21 heavy (non-hydrogen) atoms. The SMILES string of the molecule is COC(=O)CC(CC(=O)OC)OC(=O)Oc1ccccc1. The maximum Gasteiger partial charge on any atom is 0.514 e. The molecule has 0 N–H and O–H groups in total. The van der Waals surface area contributed by atoms with Crippen molar-refractivity contribution in [3.63, 3.8) is 0 Å². The number of carbonyl (C=O) groups excluding carboxylic acids is 3. The molecule has 0 spiro atoms. The van der Waals surface area contributed by atoms with Gasteiger partial charge in [0.1, 0.15) is 11.9 Å². The molecular weight excluding hydrogens is 280 g/mol. The Balaban J connectivity index is 2.59. The van der Waals surface area contributed by atoms with E-state index in [9.17, 15) is 14.4 Å². The van der Waals surface area contributed by atoms with Crippen LogP contribution in [-0.2, 0) is 23.8 Å². The van der Waals surface area contributed by atoms with Gasteiger partial charge in [0.2, 0.25) is 0 Å². The summed E-state index contributed by atoms with van der Waals surface area (Å²) < 4.78 is 18.8. The van der Waals surface area contributed by atoms with Crippen molar-refractivity contribution >= 4 is 18.1 Å². The van der Waals surface area contributed by atoms with Crippen LogP contribution in [0.25, 0.3) is 0 Å². The highest BCUT2D eigenvalue weighted by Gasteiger charge is 2.23. The fraction of sp³-hybridized carbons (Fsp3) is 0.357. The Morgan fingerprint density at radius 2 is 1.48 bits per heavy atom. The summed E-state index contributed by atoms with van der Waals surface area (Å²) >= 11 is 0. The number of rotatable bonds is 6. The van der Waals surface area contributed by atoms with E-state index in [-0.39, 0.29) is 18.6 Å². The second-order valence-corrected chi connectivity index (χ2v) is 3.97. The first kappa shape index (κ1) is 16.5. The van der Waals surface area contributed by atoms with Crippen LogP contribution in [0.15, 0.2) is 30.3 Å². The number of carbonyl (C=O) groups is 3. The third kappa shape index (κ3) is 6.42. The number of methoxy groups -OCH3 is 2. The number of hydrogen-bond acceptors (Lipinski definition) is 7. The Morgan fingerprint density at radius 1 is 0.952 bits per heavy atom. The Morgan fingerprint density at radius 3 is 1.95 bits per heavy atom. The zero-order valence-electron chi connectivity index (χ0n) is 11.7. The second-order valence-electron chi connectivity index (χ2n) is 3.97. The average Bonchev–Trinajstić information content (AvgIpc) is 2.47. The predicted molar refractivity (Wildman–Crippen MR) is 70.6 cm³/mol. The van der Waals surface area contributed by atoms with E-state index in [4.69, 9.17) is 9.47 Å². The van der Waals surface area contributed by atoms with Crippen LogP contribution in [0, 0.1) is 0 Å². The third-order valence-corrected chi connectivity index (χ3v) is 2.45. The van der Waals surface area contributed by atoms with Gasteiger partial charge >= 0.3 is 18.1 Å². The minimum Gasteiger partial charge on any atom is -0.469 e. The molecule has 1 rings (SSSR count). The molecule has 0 aliphatic heterocycles. The minimum atomic E-state index is -1.01. The van der Waals surface area contributed by atoms with Gasteiger partial charge in [0.05, 0.1) is 27.1 Å². The lowest BCUT2D eigenvalue weighted by atomic mass is 10.2. The fourth-order valence-corrected chi connectivity index (χ4v) is 1.44. The summed E-state index contributed by atoms with van der Waals surface area (Å²) in [6.07, 6.45) is -2.56. The van der Waals surface area contributed by atoms with Crippen molar-refractivity contribution in [3.8, 4) is 5.75 Å². The molecule has 0 bridgehead atoms. The predicted octanol–water partition coefficient (Wildman–Crippen LogP) is 1.70. The standard InChI is InChI=1S/C14H16O7/c1-18-12(15)8-11(9-13(16)19-2)21-14(17)20-10-6-4-3-5-7-10/h3-7,11H,8-9H2,1-2H3. The van der Waals surface area contributed by atoms with Crippen LogP contribution >= 0.6 is 0 Å². The minimum absolute atomic E-state index is 0.268. The monoisotopic (exact) mass is 296 g/mol. The van der Waals surface area contributed by atoms with Gasteiger partial charge in [-0.15, -0.1) is 0 Å². The van der Waals surface area contributed by atoms with Crippen molar-refractivity contribution < 1.29 is 33.3 Å². The van der Waals surface area contributed by atoms with Gasteiger partial charge in [0, 0.05) is 0 Å². The molecular formula is C14H16O7. The van der Waals surface area contributed by atoms with E-state index in [1.807, 2.05) is 0 Å². The van der Waals surface area contributed by atoms with Gasteiger partial charge in [-0.05, 0) is 12.1 Å². The summed E-state index contributed by atoms with van der Waals surface area (Å²) in [4.78, 5) is 34.1. The molecule has 0 saturated heterocycles. The van der Waals surface area contributed by atoms with Crippen LogP contribution in [0.3, 0.4) is 0 Å². The largest absolute Gasteiger partial charge is 0.514 e. The molecule has 0 heterocycles. The zero-order valence-corrected chi connectivity index (χ0v) is 11.7. The average molecular weight is 296 g/mol. The first-order valence-corrected chi connectivity index (χ1v) is 6.12. The molecule has 0 aromatic heterocycles. The molecule has 1 aromatic carbocycles. The number of para-hydroxylation sites is 1. The lowest BCUT2D eigenvalue weighted by Gasteiger charge is -2.15. The second kappa shape index (κ2) is 8.57. The molecule has 7 nitrogen and oxygen atoms in total. The number of benzene rings is 1. The fourth-order valence-electron chi connectivity index (χ4n) is 1.44. The number of ether oxygens (including phenoxy) is 4. The summed E-state index contributed by atoms with van der Waals surface area (Å²) in [5, 5.41) is 0. The van der Waals surface area contributed by atoms with Gasteiger partial charge in [0.15, 0.2) is 0 Å². The summed E-state index contributed by atoms with van der Waals surface area (Å²) in [5.74, 6) is -0.940. The van der Waals surface area contributed by atoms with Gasteiger partial charge in [-0.2, -0.15) is 0 Å². The maximum absolute atomic E-state index is 11.6. The summed E-state index contributed by atoms with van der Waals surface area (Å²) in [7, 11) is 2.39. The third-order valence-electron chi connectivity index (χ3n) is 2.45. The molecule has 0 unspecified atom stereocenters. The van der Waals surface area contributed by atoms with E-state index in [1.165, 1.54) is 14.2 Å². The topological polar surface area (TPSA) is 88.1 Å². The molecule has 0 aliphatic rings. The summed E-state index contributed by atoms with van der Waals surface area (Å²) in [5.41, 5.74) is 0. The molecule has 0 atom stereocenters. The van der Waals surface area contributed by atoms with E-state index in [0.29, 0.717) is 0 Å². The van der Waals surface area contributed by atoms with E-state index in [1.54, 1.807) is 30.3 Å². The van der Waals surface area contributed by atoms with Gasteiger partial charge < -0.3 is 18.9 Å². The highest BCUT2D eigenvalue weighted by molar-refractivity contribution is 5.74. The quantitative estimate of drug-likeness (QED) is 0.448. The normalized spacial score (nSPS) is 9.86. The van der Waals surface area contributed by atoms with E-state index < -0.39 is 24.2 Å². The highest BCUT2D eigenvalue weighted by atomic mass is 16.7. The Labute approximate surface area is 121 Å². The van der Waals surface area contributed by atoms with Crippen LogP contribution in [0.1, 0.15) is 12.8 Å². The molecule has 114 valence electrons. The molecule has 0 radical (unpaired) electrons. The summed E-state index contributed by atoms with van der Waals surface area (Å²) in [6.45, 7) is 0. The summed E-state index contributed by atoms with van der Waals surface area (Å²) in [6, 6.07) is 8.26. The lowest BCUT2D eigenvalue weighted by Crippen LogP contribution is -2.27. The smallest absolute Gasteiger partial charge is 0.469 e. The van der Waals surface area contributed by atoms with Crippen LogP contribution in [0.2, 0.25) is 0 Å². The van der Waals surface area contributed by atoms with Crippen molar-refractivity contribution in [2.45, 2.75) is 18.9 Å². The van der Waals surface area contributed by atoms with Gasteiger partial charge in [-0.3, -0.25) is 9.59 Å². The molecule has 0 aliphatic carbocycles. The Hall–Kier alpha value is -2.57. The van der Waals surface area contributed by atoms with Crippen LogP contribution in [0.4, 0.5) is 4.79 Å². The van der Waals surface area contributed by atoms with E-state index in [0.717, 1.165) is 0 Å². The van der Waals surface area contributed by atoms with E-state index >= 15 is 0 Å². The van der Waals surface area contributed by atoms with Crippen molar-refractivity contribution in [2.24, 2.45) is 0 Å². The maximum atomic E-state index is 11.6. The molecule has 7 heteroatoms.